The summed E-state index contributed by atoms with van der Waals surface area (Å²) in [6.45, 7) is 0. The molecule has 3 nitrogen and oxygen atoms in total. The molecule has 10 aromatic carbocycles. The molecule has 11 rings (SSSR count). The summed E-state index contributed by atoms with van der Waals surface area (Å²) in [4.78, 5) is 4.86. The summed E-state index contributed by atoms with van der Waals surface area (Å²) in [7, 11) is -3.17. The standard InChI is InChI=1S/C60H45N3Si/c1-7-24-46(25-8-1)61(47-26-9-2-10-27-47)50-32-23-37-54(44-50)64(52-33-15-5-16-34-52,53-35-17-6-18-36-53)60-41-22-21-40-58(60)62(48-28-11-3-12-29-48)51-42-43-56-55-38-19-20-39-57(55)63(59(56)45-51)49-30-13-4-14-31-49/h1-45H. The van der Waals surface area contributed by atoms with Crippen molar-refractivity contribution in [1.82, 2.24) is 4.57 Å². The molecule has 0 radical (unpaired) electrons. The van der Waals surface area contributed by atoms with Crippen molar-refractivity contribution in [2.75, 3.05) is 9.80 Å². The molecule has 0 spiro atoms. The van der Waals surface area contributed by atoms with E-state index in [9.17, 15) is 0 Å². The van der Waals surface area contributed by atoms with Crippen LogP contribution in [0.15, 0.2) is 273 Å². The van der Waals surface area contributed by atoms with Crippen LogP contribution in [0.5, 0.6) is 0 Å². The quantitative estimate of drug-likeness (QED) is 0.0950. The van der Waals surface area contributed by atoms with Crippen LogP contribution in [0, 0.1) is 0 Å². The second-order valence-corrected chi connectivity index (χ2v) is 19.9. The van der Waals surface area contributed by atoms with Crippen molar-refractivity contribution in [2.45, 2.75) is 0 Å². The number of para-hydroxylation sites is 6. The molecular weight excluding hydrogens is 791 g/mol. The Hall–Kier alpha value is -8.18. The fourth-order valence-electron chi connectivity index (χ4n) is 9.77. The number of aromatic nitrogens is 1. The summed E-state index contributed by atoms with van der Waals surface area (Å²) < 4.78 is 2.41. The van der Waals surface area contributed by atoms with Gasteiger partial charge in [0.1, 0.15) is 0 Å². The molecule has 11 aromatic rings. The third kappa shape index (κ3) is 6.78. The average molecular weight is 836 g/mol. The predicted octanol–water partition coefficient (Wildman–Crippen LogP) is 13.1. The van der Waals surface area contributed by atoms with E-state index in [1.54, 1.807) is 0 Å². The second-order valence-electron chi connectivity index (χ2n) is 16.1. The lowest BCUT2D eigenvalue weighted by molar-refractivity contribution is 1.18. The maximum atomic E-state index is 2.49. The van der Waals surface area contributed by atoms with Gasteiger partial charge >= 0.3 is 0 Å². The Kier molecular flexibility index (Phi) is 10.2. The molecule has 0 fully saturated rings. The number of fused-ring (bicyclic) bond motifs is 3. The van der Waals surface area contributed by atoms with Crippen LogP contribution in [0.2, 0.25) is 0 Å². The molecular formula is C60H45N3Si. The maximum absolute atomic E-state index is 3.17. The highest BCUT2D eigenvalue weighted by molar-refractivity contribution is 7.20. The van der Waals surface area contributed by atoms with Crippen molar-refractivity contribution >= 4 is 84.8 Å². The smallest absolute Gasteiger partial charge is 0.181 e. The van der Waals surface area contributed by atoms with Crippen molar-refractivity contribution < 1.29 is 0 Å². The van der Waals surface area contributed by atoms with E-state index in [1.165, 1.54) is 37.0 Å². The molecule has 4 heteroatoms. The van der Waals surface area contributed by atoms with E-state index in [4.69, 9.17) is 0 Å². The van der Waals surface area contributed by atoms with Gasteiger partial charge in [0.25, 0.3) is 0 Å². The fourth-order valence-corrected chi connectivity index (χ4v) is 14.7. The first-order valence-electron chi connectivity index (χ1n) is 21.9. The van der Waals surface area contributed by atoms with Gasteiger partial charge in [0.2, 0.25) is 0 Å². The van der Waals surface area contributed by atoms with Gasteiger partial charge < -0.3 is 14.4 Å². The zero-order valence-electron chi connectivity index (χ0n) is 35.3. The number of benzene rings is 10. The maximum Gasteiger partial charge on any atom is 0.181 e. The molecule has 0 saturated heterocycles. The van der Waals surface area contributed by atoms with E-state index in [0.29, 0.717) is 0 Å². The minimum absolute atomic E-state index is 1.09. The van der Waals surface area contributed by atoms with Crippen molar-refractivity contribution in [3.05, 3.63) is 273 Å². The molecule has 0 bridgehead atoms. The largest absolute Gasteiger partial charge is 0.311 e. The van der Waals surface area contributed by atoms with E-state index in [1.807, 2.05) is 0 Å². The van der Waals surface area contributed by atoms with Gasteiger partial charge in [-0.2, -0.15) is 0 Å². The van der Waals surface area contributed by atoms with E-state index in [0.717, 1.165) is 45.3 Å². The Morgan fingerprint density at radius 3 is 1.33 bits per heavy atom. The summed E-state index contributed by atoms with van der Waals surface area (Å²) in [6.07, 6.45) is 0. The van der Waals surface area contributed by atoms with Gasteiger partial charge in [0, 0.05) is 50.6 Å². The topological polar surface area (TPSA) is 11.4 Å². The van der Waals surface area contributed by atoms with Crippen LogP contribution in [0.1, 0.15) is 0 Å². The van der Waals surface area contributed by atoms with Crippen molar-refractivity contribution in [3.8, 4) is 5.69 Å². The molecule has 0 N–H and O–H groups in total. The van der Waals surface area contributed by atoms with Gasteiger partial charge in [0.15, 0.2) is 8.07 Å². The summed E-state index contributed by atoms with van der Waals surface area (Å²) in [6, 6.07) is 99.8. The fraction of sp³-hybridized carbons (Fsp3) is 0. The number of rotatable bonds is 11. The Morgan fingerprint density at radius 2 is 0.719 bits per heavy atom. The van der Waals surface area contributed by atoms with Crippen LogP contribution in [0.4, 0.5) is 34.1 Å². The van der Waals surface area contributed by atoms with Gasteiger partial charge in [-0.1, -0.05) is 188 Å². The Balaban J connectivity index is 1.20. The van der Waals surface area contributed by atoms with Crippen molar-refractivity contribution in [1.29, 1.82) is 0 Å². The SMILES string of the molecule is c1ccc(N(c2ccccc2)c2cccc([Si](c3ccccc3)(c3ccccc3)c3ccccc3N(c3ccccc3)c3ccc4c5ccccc5n(-c5ccccc5)c4c3)c2)cc1. The molecule has 0 aliphatic rings. The third-order valence-corrected chi connectivity index (χ3v) is 17.3. The Labute approximate surface area is 376 Å². The molecule has 0 aliphatic heterocycles. The van der Waals surface area contributed by atoms with Gasteiger partial charge in [-0.25, -0.2) is 0 Å². The Morgan fingerprint density at radius 1 is 0.281 bits per heavy atom. The summed E-state index contributed by atoms with van der Waals surface area (Å²) >= 11 is 0. The molecule has 1 heterocycles. The lowest BCUT2D eigenvalue weighted by Crippen LogP contribution is -2.75. The molecule has 0 atom stereocenters. The molecule has 64 heavy (non-hydrogen) atoms. The van der Waals surface area contributed by atoms with Crippen LogP contribution < -0.4 is 30.5 Å². The zero-order valence-corrected chi connectivity index (χ0v) is 36.3. The van der Waals surface area contributed by atoms with E-state index >= 15 is 0 Å². The molecule has 0 aliphatic carbocycles. The van der Waals surface area contributed by atoms with Crippen LogP contribution in [-0.2, 0) is 0 Å². The number of nitrogens with zero attached hydrogens (tertiary/aromatic N) is 3. The highest BCUT2D eigenvalue weighted by Crippen LogP contribution is 2.40. The molecule has 0 unspecified atom stereocenters. The highest BCUT2D eigenvalue weighted by atomic mass is 28.3. The van der Waals surface area contributed by atoms with Gasteiger partial charge in [-0.15, -0.1) is 0 Å². The van der Waals surface area contributed by atoms with E-state index < -0.39 is 8.07 Å². The molecule has 1 aromatic heterocycles. The normalized spacial score (nSPS) is 11.4. The monoisotopic (exact) mass is 835 g/mol. The minimum Gasteiger partial charge on any atom is -0.311 e. The van der Waals surface area contributed by atoms with Gasteiger partial charge in [-0.3, -0.25) is 0 Å². The first-order chi connectivity index (χ1) is 31.8. The highest BCUT2D eigenvalue weighted by Gasteiger charge is 2.44. The van der Waals surface area contributed by atoms with E-state index in [-0.39, 0.29) is 0 Å². The lowest BCUT2D eigenvalue weighted by atomic mass is 10.1. The first-order valence-corrected chi connectivity index (χ1v) is 23.9. The summed E-state index contributed by atoms with van der Waals surface area (Å²) in [5, 5.41) is 7.66. The first kappa shape index (κ1) is 38.7. The van der Waals surface area contributed by atoms with Crippen LogP contribution in [0.25, 0.3) is 27.5 Å². The average Bonchev–Trinajstić information content (AvgIpc) is 3.71. The Bertz CT molecular complexity index is 3240. The molecule has 0 saturated carbocycles. The molecule has 0 amide bonds. The van der Waals surface area contributed by atoms with E-state index in [2.05, 4.69) is 287 Å². The lowest BCUT2D eigenvalue weighted by Gasteiger charge is -2.39. The zero-order chi connectivity index (χ0) is 42.7. The minimum atomic E-state index is -3.17. The van der Waals surface area contributed by atoms with Crippen LogP contribution in [0.3, 0.4) is 0 Å². The number of hydrogen-bond donors (Lipinski definition) is 0. The van der Waals surface area contributed by atoms with Crippen LogP contribution in [-0.4, -0.2) is 12.6 Å². The molecule has 304 valence electrons. The van der Waals surface area contributed by atoms with Crippen molar-refractivity contribution in [3.63, 3.8) is 0 Å². The predicted molar refractivity (Wildman–Crippen MR) is 274 cm³/mol. The second kappa shape index (κ2) is 16.9. The van der Waals surface area contributed by atoms with Crippen LogP contribution >= 0.6 is 0 Å². The van der Waals surface area contributed by atoms with Gasteiger partial charge in [0.05, 0.1) is 11.0 Å². The summed E-state index contributed by atoms with van der Waals surface area (Å²) in [5.41, 5.74) is 10.1. The third-order valence-electron chi connectivity index (χ3n) is 12.5. The summed E-state index contributed by atoms with van der Waals surface area (Å²) in [5.74, 6) is 0. The number of anilines is 6. The number of hydrogen-bond acceptors (Lipinski definition) is 2. The van der Waals surface area contributed by atoms with Crippen molar-refractivity contribution in [2.24, 2.45) is 0 Å². The van der Waals surface area contributed by atoms with Gasteiger partial charge in [-0.05, 0) is 106 Å².